The second-order valence-electron chi connectivity index (χ2n) is 4.47. The average Bonchev–Trinajstić information content (AvgIpc) is 2.39. The summed E-state index contributed by atoms with van der Waals surface area (Å²) in [6, 6.07) is 4.49. The van der Waals surface area contributed by atoms with Gasteiger partial charge >= 0.3 is 0 Å². The summed E-state index contributed by atoms with van der Waals surface area (Å²) in [7, 11) is 1.89. The summed E-state index contributed by atoms with van der Waals surface area (Å²) in [5.41, 5.74) is 0.763. The molecule has 0 saturated carbocycles. The lowest BCUT2D eigenvalue weighted by molar-refractivity contribution is -0.384. The molecule has 0 aliphatic carbocycles. The minimum Gasteiger partial charge on any atom is -0.374 e. The molecule has 1 atom stereocenters. The first-order valence-electron chi connectivity index (χ1n) is 6.05. The minimum absolute atomic E-state index is 0.00210. The van der Waals surface area contributed by atoms with Gasteiger partial charge in [0.1, 0.15) is 0 Å². The van der Waals surface area contributed by atoms with E-state index in [1.54, 1.807) is 6.07 Å². The number of halogens is 1. The Morgan fingerprint density at radius 3 is 3.00 bits per heavy atom. The number of non-ortho nitro benzene ring substituents is 1. The van der Waals surface area contributed by atoms with Gasteiger partial charge < -0.3 is 15.0 Å². The van der Waals surface area contributed by atoms with Crippen molar-refractivity contribution in [3.63, 3.8) is 0 Å². The van der Waals surface area contributed by atoms with Crippen LogP contribution >= 0.6 is 11.6 Å². The summed E-state index contributed by atoms with van der Waals surface area (Å²) in [4.78, 5) is 12.1. The van der Waals surface area contributed by atoms with E-state index < -0.39 is 4.92 Å². The molecular formula is C12H16ClN3O3. The monoisotopic (exact) mass is 285 g/mol. The van der Waals surface area contributed by atoms with Crippen LogP contribution in [0.15, 0.2) is 18.2 Å². The molecule has 0 radical (unpaired) electrons. The number of nitro benzene ring substituents is 1. The molecule has 6 nitrogen and oxygen atoms in total. The first-order valence-corrected chi connectivity index (χ1v) is 6.43. The molecule has 1 aliphatic rings. The summed E-state index contributed by atoms with van der Waals surface area (Å²) in [5, 5.41) is 14.3. The fourth-order valence-corrected chi connectivity index (χ4v) is 2.38. The van der Waals surface area contributed by atoms with E-state index in [1.807, 2.05) is 11.9 Å². The molecule has 0 bridgehead atoms. The largest absolute Gasteiger partial charge is 0.374 e. The van der Waals surface area contributed by atoms with Crippen molar-refractivity contribution in [3.05, 3.63) is 33.3 Å². The SMILES string of the molecule is CN(CC1CNCCO1)c1ccc([N+](=O)[O-])cc1Cl. The highest BCUT2D eigenvalue weighted by Crippen LogP contribution is 2.29. The molecule has 0 spiro atoms. The number of nitrogens with one attached hydrogen (secondary N) is 1. The smallest absolute Gasteiger partial charge is 0.271 e. The molecule has 104 valence electrons. The van der Waals surface area contributed by atoms with Gasteiger partial charge in [0.05, 0.1) is 28.3 Å². The average molecular weight is 286 g/mol. The zero-order chi connectivity index (χ0) is 13.8. The summed E-state index contributed by atoms with van der Waals surface area (Å²) in [6.45, 7) is 3.06. The van der Waals surface area contributed by atoms with Crippen LogP contribution in [-0.2, 0) is 4.74 Å². The predicted molar refractivity (Wildman–Crippen MR) is 74.0 cm³/mol. The highest BCUT2D eigenvalue weighted by Gasteiger charge is 2.18. The van der Waals surface area contributed by atoms with E-state index in [-0.39, 0.29) is 11.8 Å². The Morgan fingerprint density at radius 1 is 1.63 bits per heavy atom. The molecule has 1 aromatic rings. The summed E-state index contributed by atoms with van der Waals surface area (Å²) >= 11 is 6.08. The van der Waals surface area contributed by atoms with Crippen molar-refractivity contribution in [1.29, 1.82) is 0 Å². The third-order valence-corrected chi connectivity index (χ3v) is 3.34. The lowest BCUT2D eigenvalue weighted by atomic mass is 10.2. The van der Waals surface area contributed by atoms with Crippen molar-refractivity contribution >= 4 is 23.0 Å². The van der Waals surface area contributed by atoms with E-state index in [9.17, 15) is 10.1 Å². The zero-order valence-corrected chi connectivity index (χ0v) is 11.4. The standard InChI is InChI=1S/C12H16ClN3O3/c1-15(8-10-7-14-4-5-19-10)12-3-2-9(16(17)18)6-11(12)13/h2-3,6,10,14H,4-5,7-8H2,1H3. The van der Waals surface area contributed by atoms with E-state index in [1.165, 1.54) is 12.1 Å². The molecule has 2 rings (SSSR count). The maximum absolute atomic E-state index is 10.7. The molecule has 1 unspecified atom stereocenters. The highest BCUT2D eigenvalue weighted by atomic mass is 35.5. The van der Waals surface area contributed by atoms with Gasteiger partial charge in [-0.2, -0.15) is 0 Å². The quantitative estimate of drug-likeness (QED) is 0.673. The molecule has 0 aromatic heterocycles. The number of nitrogens with zero attached hydrogens (tertiary/aromatic N) is 2. The van der Waals surface area contributed by atoms with Gasteiger partial charge in [-0.3, -0.25) is 10.1 Å². The van der Waals surface area contributed by atoms with E-state index in [2.05, 4.69) is 5.32 Å². The van der Waals surface area contributed by atoms with Crippen LogP contribution in [0.3, 0.4) is 0 Å². The number of likely N-dealkylation sites (N-methyl/N-ethyl adjacent to an activating group) is 1. The number of hydrogen-bond acceptors (Lipinski definition) is 5. The first-order chi connectivity index (χ1) is 9.08. The molecule has 1 saturated heterocycles. The van der Waals surface area contributed by atoms with E-state index in [4.69, 9.17) is 16.3 Å². The van der Waals surface area contributed by atoms with Crippen LogP contribution in [0.4, 0.5) is 11.4 Å². The number of morpholine rings is 1. The Balaban J connectivity index is 2.05. The molecule has 1 fully saturated rings. The van der Waals surface area contributed by atoms with Crippen molar-refractivity contribution < 1.29 is 9.66 Å². The topological polar surface area (TPSA) is 67.6 Å². The Morgan fingerprint density at radius 2 is 2.42 bits per heavy atom. The number of benzene rings is 1. The Hall–Kier alpha value is -1.37. The zero-order valence-electron chi connectivity index (χ0n) is 10.6. The van der Waals surface area contributed by atoms with Gasteiger partial charge in [0.25, 0.3) is 5.69 Å². The number of ether oxygens (including phenoxy) is 1. The fourth-order valence-electron chi connectivity index (χ4n) is 2.06. The van der Waals surface area contributed by atoms with Crippen molar-refractivity contribution in [3.8, 4) is 0 Å². The molecule has 1 heterocycles. The van der Waals surface area contributed by atoms with Gasteiger partial charge in [0, 0.05) is 38.8 Å². The molecule has 19 heavy (non-hydrogen) atoms. The maximum Gasteiger partial charge on any atom is 0.271 e. The van der Waals surface area contributed by atoms with Crippen LogP contribution in [0.2, 0.25) is 5.02 Å². The van der Waals surface area contributed by atoms with E-state index in [0.717, 1.165) is 18.8 Å². The Kier molecular flexibility index (Phi) is 4.57. The number of hydrogen-bond donors (Lipinski definition) is 1. The molecule has 1 aromatic carbocycles. The fraction of sp³-hybridized carbons (Fsp3) is 0.500. The van der Waals surface area contributed by atoms with Crippen molar-refractivity contribution in [2.45, 2.75) is 6.10 Å². The van der Waals surface area contributed by atoms with Crippen molar-refractivity contribution in [2.24, 2.45) is 0 Å². The summed E-state index contributed by atoms with van der Waals surface area (Å²) in [5.74, 6) is 0. The van der Waals surface area contributed by atoms with Crippen LogP contribution in [0.5, 0.6) is 0 Å². The normalized spacial score (nSPS) is 19.2. The van der Waals surface area contributed by atoms with Crippen LogP contribution in [-0.4, -0.2) is 44.3 Å². The maximum atomic E-state index is 10.7. The van der Waals surface area contributed by atoms with Crippen molar-refractivity contribution in [1.82, 2.24) is 5.32 Å². The molecule has 1 N–H and O–H groups in total. The number of nitro groups is 1. The van der Waals surface area contributed by atoms with Crippen molar-refractivity contribution in [2.75, 3.05) is 38.2 Å². The van der Waals surface area contributed by atoms with E-state index in [0.29, 0.717) is 18.2 Å². The lowest BCUT2D eigenvalue weighted by Gasteiger charge is -2.29. The van der Waals surface area contributed by atoms with Gasteiger partial charge in [-0.15, -0.1) is 0 Å². The molecular weight excluding hydrogens is 270 g/mol. The number of anilines is 1. The predicted octanol–water partition coefficient (Wildman–Crippen LogP) is 1.67. The summed E-state index contributed by atoms with van der Waals surface area (Å²) in [6.07, 6.45) is 0.102. The first kappa shape index (κ1) is 14.0. The van der Waals surface area contributed by atoms with Crippen LogP contribution in [0.1, 0.15) is 0 Å². The Bertz CT molecular complexity index is 464. The van der Waals surface area contributed by atoms with Crippen LogP contribution in [0, 0.1) is 10.1 Å². The van der Waals surface area contributed by atoms with Gasteiger partial charge in [-0.25, -0.2) is 0 Å². The van der Waals surface area contributed by atoms with Gasteiger partial charge in [-0.1, -0.05) is 11.6 Å². The highest BCUT2D eigenvalue weighted by molar-refractivity contribution is 6.33. The summed E-state index contributed by atoms with van der Waals surface area (Å²) < 4.78 is 5.62. The molecule has 0 amide bonds. The van der Waals surface area contributed by atoms with E-state index >= 15 is 0 Å². The lowest BCUT2D eigenvalue weighted by Crippen LogP contribution is -2.44. The Labute approximate surface area is 116 Å². The van der Waals surface area contributed by atoms with Crippen LogP contribution < -0.4 is 10.2 Å². The van der Waals surface area contributed by atoms with Gasteiger partial charge in [0.15, 0.2) is 0 Å². The van der Waals surface area contributed by atoms with Gasteiger partial charge in [0.2, 0.25) is 0 Å². The second-order valence-corrected chi connectivity index (χ2v) is 4.88. The number of rotatable bonds is 4. The minimum atomic E-state index is -0.455. The van der Waals surface area contributed by atoms with Gasteiger partial charge in [-0.05, 0) is 6.07 Å². The third-order valence-electron chi connectivity index (χ3n) is 3.04. The third kappa shape index (κ3) is 3.56. The van der Waals surface area contributed by atoms with Crippen LogP contribution in [0.25, 0.3) is 0 Å². The molecule has 7 heteroatoms. The second kappa shape index (κ2) is 6.18. The molecule has 1 aliphatic heterocycles.